The summed E-state index contributed by atoms with van der Waals surface area (Å²) < 4.78 is 5.85. The maximum absolute atomic E-state index is 5.85. The minimum Gasteiger partial charge on any atom is -0.457 e. The van der Waals surface area contributed by atoms with Crippen LogP contribution in [0, 0.1) is 0 Å². The van der Waals surface area contributed by atoms with E-state index in [1.807, 2.05) is 78.9 Å². The molecule has 6 heteroatoms. The molecule has 0 fully saturated rings. The highest BCUT2D eigenvalue weighted by molar-refractivity contribution is 5.68. The minimum absolute atomic E-state index is 0.568. The summed E-state index contributed by atoms with van der Waals surface area (Å²) in [7, 11) is 0. The Morgan fingerprint density at radius 2 is 0.750 bits per heavy atom. The van der Waals surface area contributed by atoms with Crippen molar-refractivity contribution in [2.24, 2.45) is 0 Å². The standard InChI is InChI=1S/C30H27N5O/c31-21-18-22(32)20-30(19-21)36-29-16-14-28(15-17-29)35-27-12-10-26(11-13-27)34-25-8-6-24(7-9-25)33-23-4-2-1-3-5-23/h1-20,33-35H,31-32H2. The number of nitrogens with two attached hydrogens (primary N) is 2. The lowest BCUT2D eigenvalue weighted by Crippen LogP contribution is -1.94. The largest absolute Gasteiger partial charge is 0.457 e. The van der Waals surface area contributed by atoms with E-state index in [0.29, 0.717) is 22.9 Å². The number of nitrogen functional groups attached to an aromatic ring is 2. The lowest BCUT2D eigenvalue weighted by Gasteiger charge is -2.12. The first kappa shape index (κ1) is 22.7. The van der Waals surface area contributed by atoms with Crippen LogP contribution in [-0.4, -0.2) is 0 Å². The highest BCUT2D eigenvalue weighted by atomic mass is 16.5. The third-order valence-corrected chi connectivity index (χ3v) is 5.45. The normalized spacial score (nSPS) is 10.4. The van der Waals surface area contributed by atoms with E-state index in [1.54, 1.807) is 18.2 Å². The zero-order chi connectivity index (χ0) is 24.7. The number of nitrogens with one attached hydrogen (secondary N) is 3. The van der Waals surface area contributed by atoms with E-state index >= 15 is 0 Å². The zero-order valence-electron chi connectivity index (χ0n) is 19.6. The number of hydrogen-bond acceptors (Lipinski definition) is 6. The average molecular weight is 474 g/mol. The molecule has 0 heterocycles. The number of hydrogen-bond donors (Lipinski definition) is 5. The van der Waals surface area contributed by atoms with Crippen molar-refractivity contribution >= 4 is 45.5 Å². The number of anilines is 8. The second kappa shape index (κ2) is 10.4. The van der Waals surface area contributed by atoms with Crippen LogP contribution in [0.1, 0.15) is 0 Å². The van der Waals surface area contributed by atoms with E-state index in [-0.39, 0.29) is 0 Å². The molecule has 5 aromatic carbocycles. The molecule has 0 saturated heterocycles. The smallest absolute Gasteiger partial charge is 0.131 e. The van der Waals surface area contributed by atoms with Crippen molar-refractivity contribution < 1.29 is 4.74 Å². The van der Waals surface area contributed by atoms with Crippen LogP contribution in [0.3, 0.4) is 0 Å². The van der Waals surface area contributed by atoms with E-state index in [4.69, 9.17) is 16.2 Å². The number of ether oxygens (including phenoxy) is 1. The van der Waals surface area contributed by atoms with Gasteiger partial charge in [0.25, 0.3) is 0 Å². The Balaban J connectivity index is 1.16. The molecule has 0 aliphatic rings. The molecule has 36 heavy (non-hydrogen) atoms. The van der Waals surface area contributed by atoms with Crippen LogP contribution in [0.2, 0.25) is 0 Å². The number of rotatable bonds is 8. The second-order valence-electron chi connectivity index (χ2n) is 8.36. The van der Waals surface area contributed by atoms with Crippen molar-refractivity contribution in [3.8, 4) is 11.5 Å². The first-order chi connectivity index (χ1) is 17.6. The Bertz CT molecular complexity index is 1400. The van der Waals surface area contributed by atoms with Gasteiger partial charge in [-0.05, 0) is 91.0 Å². The molecule has 0 saturated carbocycles. The Morgan fingerprint density at radius 1 is 0.389 bits per heavy atom. The summed E-state index contributed by atoms with van der Waals surface area (Å²) in [6.07, 6.45) is 0. The molecule has 0 bridgehead atoms. The van der Waals surface area contributed by atoms with Crippen LogP contribution >= 0.6 is 0 Å². The third-order valence-electron chi connectivity index (χ3n) is 5.45. The van der Waals surface area contributed by atoms with Gasteiger partial charge in [-0.2, -0.15) is 0 Å². The lowest BCUT2D eigenvalue weighted by molar-refractivity contribution is 0.483. The first-order valence-electron chi connectivity index (χ1n) is 11.6. The van der Waals surface area contributed by atoms with Crippen LogP contribution in [-0.2, 0) is 0 Å². The molecule has 0 aliphatic heterocycles. The molecule has 0 spiro atoms. The highest BCUT2D eigenvalue weighted by Crippen LogP contribution is 2.28. The fraction of sp³-hybridized carbons (Fsp3) is 0. The van der Waals surface area contributed by atoms with Crippen molar-refractivity contribution in [1.29, 1.82) is 0 Å². The predicted octanol–water partition coefficient (Wildman–Crippen LogP) is 7.87. The van der Waals surface area contributed by atoms with Gasteiger partial charge in [0.15, 0.2) is 0 Å². The molecule has 0 atom stereocenters. The van der Waals surface area contributed by atoms with Crippen molar-refractivity contribution in [3.05, 3.63) is 121 Å². The van der Waals surface area contributed by atoms with Crippen molar-refractivity contribution in [2.45, 2.75) is 0 Å². The Hall–Kier alpha value is -5.10. The van der Waals surface area contributed by atoms with Gasteiger partial charge in [0, 0.05) is 57.6 Å². The van der Waals surface area contributed by atoms with Gasteiger partial charge in [0.05, 0.1) is 0 Å². The molecular formula is C30H27N5O. The van der Waals surface area contributed by atoms with Crippen molar-refractivity contribution in [1.82, 2.24) is 0 Å². The molecule has 0 radical (unpaired) electrons. The summed E-state index contributed by atoms with van der Waals surface area (Å²) in [4.78, 5) is 0. The van der Waals surface area contributed by atoms with Gasteiger partial charge in [-0.15, -0.1) is 0 Å². The Morgan fingerprint density at radius 3 is 1.17 bits per heavy atom. The quantitative estimate of drug-likeness (QED) is 0.147. The Labute approximate surface area is 210 Å². The zero-order valence-corrected chi connectivity index (χ0v) is 19.6. The predicted molar refractivity (Wildman–Crippen MR) is 151 cm³/mol. The van der Waals surface area contributed by atoms with E-state index in [0.717, 1.165) is 34.1 Å². The maximum atomic E-state index is 5.85. The van der Waals surface area contributed by atoms with Gasteiger partial charge in [-0.3, -0.25) is 0 Å². The van der Waals surface area contributed by atoms with Gasteiger partial charge in [-0.1, -0.05) is 18.2 Å². The van der Waals surface area contributed by atoms with E-state index in [2.05, 4.69) is 40.2 Å². The fourth-order valence-electron chi connectivity index (χ4n) is 3.74. The number of benzene rings is 5. The van der Waals surface area contributed by atoms with E-state index in [1.165, 1.54) is 0 Å². The topological polar surface area (TPSA) is 97.4 Å². The van der Waals surface area contributed by atoms with Gasteiger partial charge in [-0.25, -0.2) is 0 Å². The fourth-order valence-corrected chi connectivity index (χ4v) is 3.74. The molecule has 5 rings (SSSR count). The van der Waals surface area contributed by atoms with E-state index < -0.39 is 0 Å². The van der Waals surface area contributed by atoms with Crippen LogP contribution in [0.4, 0.5) is 45.5 Å². The molecule has 0 aromatic heterocycles. The molecule has 0 unspecified atom stereocenters. The third kappa shape index (κ3) is 6.07. The molecule has 0 amide bonds. The van der Waals surface area contributed by atoms with Crippen molar-refractivity contribution in [3.63, 3.8) is 0 Å². The SMILES string of the molecule is Nc1cc(N)cc(Oc2ccc(Nc3ccc(Nc4ccc(Nc5ccccc5)cc4)cc3)cc2)c1. The summed E-state index contributed by atoms with van der Waals surface area (Å²) in [5, 5.41) is 10.2. The summed E-state index contributed by atoms with van der Waals surface area (Å²) in [5.41, 5.74) is 18.9. The lowest BCUT2D eigenvalue weighted by atomic mass is 10.2. The molecule has 6 nitrogen and oxygen atoms in total. The summed E-state index contributed by atoms with van der Waals surface area (Å²) in [6.45, 7) is 0. The van der Waals surface area contributed by atoms with Crippen LogP contribution < -0.4 is 32.2 Å². The van der Waals surface area contributed by atoms with Gasteiger partial charge in [0.1, 0.15) is 11.5 Å². The molecule has 7 N–H and O–H groups in total. The van der Waals surface area contributed by atoms with Crippen LogP contribution in [0.5, 0.6) is 11.5 Å². The highest BCUT2D eigenvalue weighted by Gasteiger charge is 2.02. The van der Waals surface area contributed by atoms with Crippen molar-refractivity contribution in [2.75, 3.05) is 27.4 Å². The van der Waals surface area contributed by atoms with Crippen LogP contribution in [0.25, 0.3) is 0 Å². The molecule has 5 aromatic rings. The molecular weight excluding hydrogens is 446 g/mol. The van der Waals surface area contributed by atoms with Gasteiger partial charge in [0.2, 0.25) is 0 Å². The average Bonchev–Trinajstić information content (AvgIpc) is 2.88. The summed E-state index contributed by atoms with van der Waals surface area (Å²) in [5.74, 6) is 1.31. The monoisotopic (exact) mass is 473 g/mol. The Kier molecular flexibility index (Phi) is 6.58. The van der Waals surface area contributed by atoms with E-state index in [9.17, 15) is 0 Å². The summed E-state index contributed by atoms with van der Waals surface area (Å²) in [6, 6.07) is 39.4. The first-order valence-corrected chi connectivity index (χ1v) is 11.6. The molecule has 0 aliphatic carbocycles. The van der Waals surface area contributed by atoms with Crippen LogP contribution in [0.15, 0.2) is 121 Å². The maximum Gasteiger partial charge on any atom is 0.131 e. The second-order valence-corrected chi connectivity index (χ2v) is 8.36. The van der Waals surface area contributed by atoms with Gasteiger partial charge >= 0.3 is 0 Å². The molecule has 178 valence electrons. The van der Waals surface area contributed by atoms with Gasteiger partial charge < -0.3 is 32.2 Å². The minimum atomic E-state index is 0.568. The number of para-hydroxylation sites is 1. The summed E-state index contributed by atoms with van der Waals surface area (Å²) >= 11 is 0.